The quantitative estimate of drug-likeness (QED) is 0.744. The minimum Gasteiger partial charge on any atom is -0.330 e. The van der Waals surface area contributed by atoms with Gasteiger partial charge in [-0.3, -0.25) is 14.5 Å². The number of nitrogens with one attached hydrogen (secondary N) is 1. The number of anilines is 1. The molecule has 1 saturated heterocycles. The number of carbonyl (C=O) groups is 1. The Labute approximate surface area is 169 Å². The van der Waals surface area contributed by atoms with Crippen LogP contribution in [0, 0.1) is 5.92 Å². The molecule has 150 valence electrons. The summed E-state index contributed by atoms with van der Waals surface area (Å²) in [7, 11) is 2.04. The van der Waals surface area contributed by atoms with Crippen molar-refractivity contribution in [1.29, 1.82) is 0 Å². The van der Waals surface area contributed by atoms with Crippen molar-refractivity contribution in [2.45, 2.75) is 32.4 Å². The lowest BCUT2D eigenvalue weighted by Crippen LogP contribution is -2.46. The molecule has 29 heavy (non-hydrogen) atoms. The van der Waals surface area contributed by atoms with Gasteiger partial charge in [0.25, 0.3) is 5.56 Å². The largest absolute Gasteiger partial charge is 0.330 e. The molecule has 0 aliphatic carbocycles. The zero-order valence-electron chi connectivity index (χ0n) is 16.8. The highest BCUT2D eigenvalue weighted by Crippen LogP contribution is 2.35. The summed E-state index contributed by atoms with van der Waals surface area (Å²) < 4.78 is 4.10. The number of hydrogen-bond donors (Lipinski definition) is 1. The first kappa shape index (κ1) is 18.1. The van der Waals surface area contributed by atoms with E-state index in [0.29, 0.717) is 11.8 Å². The Morgan fingerprint density at radius 3 is 2.90 bits per heavy atom. The van der Waals surface area contributed by atoms with Crippen LogP contribution in [-0.4, -0.2) is 38.0 Å². The van der Waals surface area contributed by atoms with Gasteiger partial charge in [-0.05, 0) is 36.6 Å². The van der Waals surface area contributed by atoms with Crippen LogP contribution in [0.15, 0.2) is 41.2 Å². The Bertz CT molecular complexity index is 1160. The van der Waals surface area contributed by atoms with Gasteiger partial charge in [-0.2, -0.15) is 0 Å². The van der Waals surface area contributed by atoms with Crippen molar-refractivity contribution in [2.24, 2.45) is 13.0 Å². The van der Waals surface area contributed by atoms with Gasteiger partial charge in [-0.1, -0.05) is 6.07 Å². The van der Waals surface area contributed by atoms with E-state index in [4.69, 9.17) is 4.98 Å². The number of rotatable bonds is 3. The van der Waals surface area contributed by atoms with E-state index < -0.39 is 0 Å². The average Bonchev–Trinajstić information content (AvgIpc) is 2.97. The first-order valence-electron chi connectivity index (χ1n) is 10.1. The molecule has 2 aromatic heterocycles. The van der Waals surface area contributed by atoms with Gasteiger partial charge >= 0.3 is 0 Å². The summed E-state index contributed by atoms with van der Waals surface area (Å²) in [4.78, 5) is 30.8. The number of aromatic nitrogens is 3. The summed E-state index contributed by atoms with van der Waals surface area (Å²) in [5.74, 6) is 1.84. The highest BCUT2D eigenvalue weighted by molar-refractivity contribution is 5.91. The third-order valence-electron chi connectivity index (χ3n) is 6.21. The summed E-state index contributed by atoms with van der Waals surface area (Å²) in [6.07, 6.45) is 1.16. The van der Waals surface area contributed by atoms with Gasteiger partial charge in [-0.15, -0.1) is 0 Å². The lowest BCUT2D eigenvalue weighted by molar-refractivity contribution is -0.114. The Balaban J connectivity index is 1.40. The Morgan fingerprint density at radius 2 is 2.07 bits per heavy atom. The Kier molecular flexibility index (Phi) is 4.28. The summed E-state index contributed by atoms with van der Waals surface area (Å²) in [5.41, 5.74) is 4.01. The fourth-order valence-corrected chi connectivity index (χ4v) is 5.00. The zero-order valence-corrected chi connectivity index (χ0v) is 16.8. The number of benzene rings is 1. The maximum absolute atomic E-state index is 12.2. The van der Waals surface area contributed by atoms with E-state index in [-0.39, 0.29) is 11.5 Å². The number of fused-ring (bicyclic) bond motifs is 5. The van der Waals surface area contributed by atoms with E-state index in [1.807, 2.05) is 35.9 Å². The van der Waals surface area contributed by atoms with Gasteiger partial charge in [0.2, 0.25) is 5.91 Å². The molecule has 0 spiro atoms. The number of amides is 1. The third-order valence-corrected chi connectivity index (χ3v) is 6.21. The maximum atomic E-state index is 12.2. The number of nitrogens with zero attached hydrogens (tertiary/aromatic N) is 4. The van der Waals surface area contributed by atoms with Gasteiger partial charge in [0.05, 0.1) is 17.6 Å². The predicted octanol–water partition coefficient (Wildman–Crippen LogP) is 2.31. The van der Waals surface area contributed by atoms with Crippen molar-refractivity contribution in [3.8, 4) is 0 Å². The number of hydrogen-bond acceptors (Lipinski definition) is 4. The monoisotopic (exact) mass is 391 g/mol. The van der Waals surface area contributed by atoms with Crippen LogP contribution < -0.4 is 10.9 Å². The highest BCUT2D eigenvalue weighted by Gasteiger charge is 2.34. The van der Waals surface area contributed by atoms with Crippen molar-refractivity contribution in [3.05, 3.63) is 58.3 Å². The lowest BCUT2D eigenvalue weighted by atomic mass is 9.83. The first-order chi connectivity index (χ1) is 14.0. The zero-order chi connectivity index (χ0) is 20.1. The Morgan fingerprint density at radius 1 is 1.21 bits per heavy atom. The van der Waals surface area contributed by atoms with E-state index >= 15 is 0 Å². The second kappa shape index (κ2) is 6.84. The normalized spacial score (nSPS) is 21.2. The van der Waals surface area contributed by atoms with Gasteiger partial charge in [-0.25, -0.2) is 4.98 Å². The first-order valence-corrected chi connectivity index (χ1v) is 10.1. The maximum Gasteiger partial charge on any atom is 0.250 e. The van der Waals surface area contributed by atoms with Crippen LogP contribution >= 0.6 is 0 Å². The van der Waals surface area contributed by atoms with E-state index in [9.17, 15) is 9.59 Å². The fraction of sp³-hybridized carbons (Fsp3) is 0.409. The van der Waals surface area contributed by atoms with Gasteiger partial charge in [0, 0.05) is 57.0 Å². The molecule has 1 N–H and O–H groups in total. The molecule has 2 atom stereocenters. The number of piperidine rings is 1. The molecule has 1 aromatic carbocycles. The van der Waals surface area contributed by atoms with Crippen LogP contribution in [0.1, 0.15) is 30.8 Å². The summed E-state index contributed by atoms with van der Waals surface area (Å²) >= 11 is 0. The molecule has 7 heteroatoms. The van der Waals surface area contributed by atoms with Gasteiger partial charge in [0.1, 0.15) is 5.82 Å². The highest BCUT2D eigenvalue weighted by atomic mass is 16.1. The molecule has 0 radical (unpaired) electrons. The number of imidazole rings is 1. The molecule has 0 saturated carbocycles. The van der Waals surface area contributed by atoms with E-state index in [2.05, 4.69) is 20.9 Å². The van der Waals surface area contributed by atoms with Crippen molar-refractivity contribution in [2.75, 3.05) is 18.4 Å². The smallest absolute Gasteiger partial charge is 0.250 e. The molecule has 1 fully saturated rings. The van der Waals surface area contributed by atoms with E-state index in [1.165, 1.54) is 12.6 Å². The topological polar surface area (TPSA) is 72.2 Å². The molecule has 2 aliphatic heterocycles. The summed E-state index contributed by atoms with van der Waals surface area (Å²) in [5, 5.41) is 2.82. The molecular formula is C22H25N5O2. The van der Waals surface area contributed by atoms with Crippen LogP contribution in [0.3, 0.4) is 0 Å². The van der Waals surface area contributed by atoms with Gasteiger partial charge in [0.15, 0.2) is 0 Å². The van der Waals surface area contributed by atoms with Crippen molar-refractivity contribution >= 4 is 22.6 Å². The van der Waals surface area contributed by atoms with E-state index in [0.717, 1.165) is 55.1 Å². The molecule has 7 nitrogen and oxygen atoms in total. The number of aryl methyl sites for hydroxylation is 1. The lowest BCUT2D eigenvalue weighted by Gasteiger charge is -2.42. The van der Waals surface area contributed by atoms with Crippen LogP contribution in [0.2, 0.25) is 0 Å². The molecule has 5 rings (SSSR count). The summed E-state index contributed by atoms with van der Waals surface area (Å²) in [6, 6.07) is 11.5. The van der Waals surface area contributed by atoms with Gasteiger partial charge < -0.3 is 14.5 Å². The summed E-state index contributed by atoms with van der Waals surface area (Å²) in [6.45, 7) is 5.03. The van der Waals surface area contributed by atoms with E-state index in [1.54, 1.807) is 6.07 Å². The molecule has 0 unspecified atom stereocenters. The minimum atomic E-state index is -0.0836. The van der Waals surface area contributed by atoms with Crippen molar-refractivity contribution < 1.29 is 4.79 Å². The van der Waals surface area contributed by atoms with Crippen LogP contribution in [-0.2, 0) is 24.9 Å². The predicted molar refractivity (Wildman–Crippen MR) is 112 cm³/mol. The average molecular weight is 391 g/mol. The second-order valence-corrected chi connectivity index (χ2v) is 8.36. The molecule has 4 heterocycles. The van der Waals surface area contributed by atoms with Crippen LogP contribution in [0.5, 0.6) is 0 Å². The molecule has 3 aromatic rings. The van der Waals surface area contributed by atoms with Crippen molar-refractivity contribution in [3.63, 3.8) is 0 Å². The number of carbonyl (C=O) groups excluding carboxylic acids is 1. The second-order valence-electron chi connectivity index (χ2n) is 8.36. The standard InChI is InChI=1S/C22H25N5O2/c1-14(28)23-17-6-7-20-18(9-17)24-21(25(20)2)13-26-10-15-8-16(12-26)19-4-3-5-22(29)27(19)11-15/h3-7,9,15-16H,8,10-13H2,1-2H3,(H,23,28)/t15-,16+/m1/s1. The van der Waals surface area contributed by atoms with Crippen LogP contribution in [0.25, 0.3) is 11.0 Å². The SMILES string of the molecule is CC(=O)Nc1ccc2c(c1)nc(CN1C[C@H]3C[C@@H](C1)c1cccc(=O)n1C3)n2C. The number of likely N-dealkylation sites (tertiary alicyclic amines) is 1. The fourth-order valence-electron chi connectivity index (χ4n) is 5.00. The third kappa shape index (κ3) is 3.25. The van der Waals surface area contributed by atoms with Crippen LogP contribution in [0.4, 0.5) is 5.69 Å². The Hall–Kier alpha value is -2.93. The molecular weight excluding hydrogens is 366 g/mol. The number of pyridine rings is 1. The molecule has 2 aliphatic rings. The molecule has 2 bridgehead atoms. The minimum absolute atomic E-state index is 0.0836. The van der Waals surface area contributed by atoms with Crippen molar-refractivity contribution in [1.82, 2.24) is 19.0 Å². The molecule has 1 amide bonds.